The Bertz CT molecular complexity index is 199. The molecule has 0 spiro atoms. The normalized spacial score (nSPS) is 10.2. The van der Waals surface area contributed by atoms with Crippen molar-refractivity contribution in [2.75, 3.05) is 6.54 Å². The zero-order valence-corrected chi connectivity index (χ0v) is 7.00. The van der Waals surface area contributed by atoms with E-state index in [1.165, 1.54) is 4.88 Å². The van der Waals surface area contributed by atoms with E-state index in [1.807, 2.05) is 12.1 Å². The van der Waals surface area contributed by atoms with Gasteiger partial charge in [0.1, 0.15) is 0 Å². The number of nitrogens with one attached hydrogen (secondary N) is 1. The maximum atomic E-state index is 5.71. The fourth-order valence-corrected chi connectivity index (χ4v) is 1.77. The molecule has 0 aliphatic heterocycles. The molecule has 10 heavy (non-hydrogen) atoms. The summed E-state index contributed by atoms with van der Waals surface area (Å²) in [5.74, 6) is 5.10. The van der Waals surface area contributed by atoms with E-state index in [4.69, 9.17) is 17.4 Å². The summed E-state index contributed by atoms with van der Waals surface area (Å²) in [7, 11) is 0. The summed E-state index contributed by atoms with van der Waals surface area (Å²) in [5, 5.41) is 0. The van der Waals surface area contributed by atoms with Crippen LogP contribution in [0.3, 0.4) is 0 Å². The third kappa shape index (κ3) is 2.27. The molecule has 3 N–H and O–H groups in total. The van der Waals surface area contributed by atoms with E-state index in [9.17, 15) is 0 Å². The molecule has 4 heteroatoms. The lowest BCUT2D eigenvalue weighted by atomic mass is 10.3. The molecular weight excluding hydrogens is 168 g/mol. The summed E-state index contributed by atoms with van der Waals surface area (Å²) in [4.78, 5) is 1.27. The molecule has 1 heterocycles. The van der Waals surface area contributed by atoms with E-state index < -0.39 is 0 Å². The van der Waals surface area contributed by atoms with Gasteiger partial charge in [-0.15, -0.1) is 11.3 Å². The Labute approximate surface area is 69.0 Å². The molecule has 0 bridgehead atoms. The maximum absolute atomic E-state index is 5.71. The van der Waals surface area contributed by atoms with Crippen molar-refractivity contribution < 1.29 is 0 Å². The molecule has 0 saturated carbocycles. The van der Waals surface area contributed by atoms with Crippen LogP contribution in [0.1, 0.15) is 4.88 Å². The molecule has 0 aliphatic carbocycles. The lowest BCUT2D eigenvalue weighted by Crippen LogP contribution is -2.24. The number of rotatable bonds is 3. The first-order valence-corrected chi connectivity index (χ1v) is 4.20. The number of nitrogens with two attached hydrogens (primary N) is 1. The van der Waals surface area contributed by atoms with Gasteiger partial charge < -0.3 is 0 Å². The third-order valence-corrected chi connectivity index (χ3v) is 2.44. The Morgan fingerprint density at radius 3 is 2.90 bits per heavy atom. The highest BCUT2D eigenvalue weighted by Gasteiger charge is 1.95. The van der Waals surface area contributed by atoms with Crippen LogP contribution >= 0.6 is 22.9 Å². The van der Waals surface area contributed by atoms with Crippen molar-refractivity contribution in [2.45, 2.75) is 6.42 Å². The lowest BCUT2D eigenvalue weighted by molar-refractivity contribution is 0.733. The smallest absolute Gasteiger partial charge is 0.0931 e. The van der Waals surface area contributed by atoms with Crippen molar-refractivity contribution in [1.29, 1.82) is 0 Å². The van der Waals surface area contributed by atoms with Gasteiger partial charge in [0.25, 0.3) is 0 Å². The number of hydrogen-bond acceptors (Lipinski definition) is 3. The first-order valence-electron chi connectivity index (χ1n) is 3.00. The zero-order valence-electron chi connectivity index (χ0n) is 5.43. The van der Waals surface area contributed by atoms with E-state index in [1.54, 1.807) is 11.3 Å². The second kappa shape index (κ2) is 3.93. The van der Waals surface area contributed by atoms with E-state index in [0.717, 1.165) is 17.3 Å². The number of halogens is 1. The third-order valence-electron chi connectivity index (χ3n) is 1.14. The van der Waals surface area contributed by atoms with E-state index >= 15 is 0 Å². The molecule has 0 unspecified atom stereocenters. The Morgan fingerprint density at radius 2 is 2.40 bits per heavy atom. The van der Waals surface area contributed by atoms with Gasteiger partial charge in [-0.1, -0.05) is 11.6 Å². The minimum absolute atomic E-state index is 0.802. The predicted octanol–water partition coefficient (Wildman–Crippen LogP) is 1.41. The molecular formula is C6H9ClN2S. The minimum atomic E-state index is 0.802. The van der Waals surface area contributed by atoms with Crippen LogP contribution in [0, 0.1) is 0 Å². The first kappa shape index (κ1) is 8.01. The second-order valence-electron chi connectivity index (χ2n) is 1.91. The van der Waals surface area contributed by atoms with Crippen LogP contribution in [0.25, 0.3) is 0 Å². The van der Waals surface area contributed by atoms with Crippen molar-refractivity contribution in [3.8, 4) is 0 Å². The first-order chi connectivity index (χ1) is 4.83. The number of hydrogen-bond donors (Lipinski definition) is 2. The maximum Gasteiger partial charge on any atom is 0.0931 e. The zero-order chi connectivity index (χ0) is 7.40. The van der Waals surface area contributed by atoms with Crippen LogP contribution < -0.4 is 11.3 Å². The fourth-order valence-electron chi connectivity index (χ4n) is 0.681. The molecule has 1 aromatic rings. The molecule has 1 aromatic heterocycles. The van der Waals surface area contributed by atoms with Gasteiger partial charge in [-0.25, -0.2) is 0 Å². The Morgan fingerprint density at radius 1 is 1.60 bits per heavy atom. The Hall–Kier alpha value is -0.0900. The molecule has 0 radical (unpaired) electrons. The molecule has 2 nitrogen and oxygen atoms in total. The van der Waals surface area contributed by atoms with E-state index in [2.05, 4.69) is 5.43 Å². The fraction of sp³-hybridized carbons (Fsp3) is 0.333. The van der Waals surface area contributed by atoms with Crippen molar-refractivity contribution in [2.24, 2.45) is 5.84 Å². The monoisotopic (exact) mass is 176 g/mol. The summed E-state index contributed by atoms with van der Waals surface area (Å²) < 4.78 is 0.840. The van der Waals surface area contributed by atoms with Gasteiger partial charge in [0.2, 0.25) is 0 Å². The van der Waals surface area contributed by atoms with Crippen LogP contribution in [-0.4, -0.2) is 6.54 Å². The summed E-state index contributed by atoms with van der Waals surface area (Å²) >= 11 is 7.30. The summed E-state index contributed by atoms with van der Waals surface area (Å²) in [6, 6.07) is 3.92. The highest BCUT2D eigenvalue weighted by Crippen LogP contribution is 2.21. The summed E-state index contributed by atoms with van der Waals surface area (Å²) in [5.41, 5.74) is 2.59. The highest BCUT2D eigenvalue weighted by molar-refractivity contribution is 7.16. The van der Waals surface area contributed by atoms with Crippen molar-refractivity contribution in [1.82, 2.24) is 5.43 Å². The SMILES string of the molecule is NNCCc1ccc(Cl)s1. The molecule has 0 atom stereocenters. The van der Waals surface area contributed by atoms with E-state index in [0.29, 0.717) is 0 Å². The second-order valence-corrected chi connectivity index (χ2v) is 3.71. The topological polar surface area (TPSA) is 38.0 Å². The van der Waals surface area contributed by atoms with Crippen molar-refractivity contribution in [3.05, 3.63) is 21.3 Å². The average Bonchev–Trinajstić information content (AvgIpc) is 2.31. The van der Waals surface area contributed by atoms with Crippen LogP contribution in [-0.2, 0) is 6.42 Å². The van der Waals surface area contributed by atoms with Crippen LogP contribution in [0.5, 0.6) is 0 Å². The Kier molecular flexibility index (Phi) is 3.15. The average molecular weight is 177 g/mol. The van der Waals surface area contributed by atoms with Gasteiger partial charge in [0, 0.05) is 11.4 Å². The van der Waals surface area contributed by atoms with Crippen LogP contribution in [0.15, 0.2) is 12.1 Å². The molecule has 1 rings (SSSR count). The summed E-state index contributed by atoms with van der Waals surface area (Å²) in [6.07, 6.45) is 0.952. The molecule has 0 aromatic carbocycles. The lowest BCUT2D eigenvalue weighted by Gasteiger charge is -1.93. The molecule has 56 valence electrons. The molecule has 0 aliphatic rings. The minimum Gasteiger partial charge on any atom is -0.271 e. The van der Waals surface area contributed by atoms with Gasteiger partial charge in [0.05, 0.1) is 4.34 Å². The standard InChI is InChI=1S/C6H9ClN2S/c7-6-2-1-5(10-6)3-4-9-8/h1-2,9H,3-4,8H2. The van der Waals surface area contributed by atoms with Crippen molar-refractivity contribution >= 4 is 22.9 Å². The van der Waals surface area contributed by atoms with Crippen LogP contribution in [0.4, 0.5) is 0 Å². The highest BCUT2D eigenvalue weighted by atomic mass is 35.5. The number of thiophene rings is 1. The van der Waals surface area contributed by atoms with E-state index in [-0.39, 0.29) is 0 Å². The van der Waals surface area contributed by atoms with Gasteiger partial charge in [-0.3, -0.25) is 11.3 Å². The van der Waals surface area contributed by atoms with Crippen LogP contribution in [0.2, 0.25) is 4.34 Å². The summed E-state index contributed by atoms with van der Waals surface area (Å²) in [6.45, 7) is 0.802. The number of hydrazine groups is 1. The molecule has 0 fully saturated rings. The van der Waals surface area contributed by atoms with Gasteiger partial charge in [-0.2, -0.15) is 0 Å². The van der Waals surface area contributed by atoms with Gasteiger partial charge in [0.15, 0.2) is 0 Å². The Balaban J connectivity index is 2.42. The van der Waals surface area contributed by atoms with Gasteiger partial charge in [-0.05, 0) is 18.6 Å². The molecule has 0 amide bonds. The molecule has 0 saturated heterocycles. The quantitative estimate of drug-likeness (QED) is 0.540. The largest absolute Gasteiger partial charge is 0.271 e. The predicted molar refractivity (Wildman–Crippen MR) is 45.2 cm³/mol. The van der Waals surface area contributed by atoms with Crippen molar-refractivity contribution in [3.63, 3.8) is 0 Å². The van der Waals surface area contributed by atoms with Gasteiger partial charge >= 0.3 is 0 Å².